The van der Waals surface area contributed by atoms with Crippen molar-refractivity contribution in [2.24, 2.45) is 12.8 Å². The van der Waals surface area contributed by atoms with Crippen LogP contribution in [-0.2, 0) is 26.4 Å². The van der Waals surface area contributed by atoms with Crippen LogP contribution in [0.2, 0.25) is 0 Å². The quantitative estimate of drug-likeness (QED) is 0.495. The molecule has 3 N–H and O–H groups in total. The molecule has 1 aromatic carbocycles. The zero-order valence-electron chi connectivity index (χ0n) is 18.8. The van der Waals surface area contributed by atoms with Gasteiger partial charge in [-0.25, -0.2) is 9.97 Å². The molecule has 0 atom stereocenters. The van der Waals surface area contributed by atoms with E-state index in [9.17, 15) is 4.79 Å². The summed E-state index contributed by atoms with van der Waals surface area (Å²) in [7, 11) is 5.92. The van der Waals surface area contributed by atoms with Gasteiger partial charge in [-0.05, 0) is 56.6 Å². The summed E-state index contributed by atoms with van der Waals surface area (Å²) >= 11 is 0. The number of hydrogen-bond donors (Lipinski definition) is 2. The maximum Gasteiger partial charge on any atom is 0.269 e. The van der Waals surface area contributed by atoms with Gasteiger partial charge >= 0.3 is 0 Å². The monoisotopic (exact) mass is 435 g/mol. The van der Waals surface area contributed by atoms with Gasteiger partial charge in [0, 0.05) is 31.9 Å². The van der Waals surface area contributed by atoms with Gasteiger partial charge in [-0.2, -0.15) is 5.10 Å². The fourth-order valence-electron chi connectivity index (χ4n) is 3.89. The molecule has 3 aromatic rings. The van der Waals surface area contributed by atoms with E-state index in [4.69, 9.17) is 15.5 Å². The molecule has 0 radical (unpaired) electrons. The predicted molar refractivity (Wildman–Crippen MR) is 123 cm³/mol. The van der Waals surface area contributed by atoms with Gasteiger partial charge in [0.15, 0.2) is 5.69 Å². The number of amides is 1. The van der Waals surface area contributed by atoms with Crippen molar-refractivity contribution in [3.63, 3.8) is 0 Å². The first kappa shape index (κ1) is 21.8. The minimum absolute atomic E-state index is 0.324. The van der Waals surface area contributed by atoms with E-state index in [-0.39, 0.29) is 0 Å². The molecule has 168 valence electrons. The highest BCUT2D eigenvalue weighted by Gasteiger charge is 2.27. The third-order valence-electron chi connectivity index (χ3n) is 5.50. The van der Waals surface area contributed by atoms with Crippen LogP contribution in [0.1, 0.15) is 33.6 Å². The number of nitrogens with two attached hydrogens (primary N) is 1. The van der Waals surface area contributed by atoms with E-state index < -0.39 is 5.91 Å². The highest BCUT2D eigenvalue weighted by atomic mass is 16.5. The molecule has 2 heterocycles. The molecule has 0 aliphatic heterocycles. The Bertz CT molecular complexity index is 1110. The number of fused-ring (bicyclic) bond motifs is 3. The largest absolute Gasteiger partial charge is 0.494 e. The molecule has 0 fully saturated rings. The Morgan fingerprint density at radius 3 is 2.75 bits per heavy atom. The first-order chi connectivity index (χ1) is 15.4. The lowest BCUT2D eigenvalue weighted by Crippen LogP contribution is -2.16. The fourth-order valence-corrected chi connectivity index (χ4v) is 3.89. The van der Waals surface area contributed by atoms with Gasteiger partial charge in [-0.1, -0.05) is 12.1 Å². The SMILES string of the molecule is CN(C)CCCOc1ccc(CNc2ncc3c(n2)-c2c(c(C(N)=O)nn2C)CC3)cc1. The van der Waals surface area contributed by atoms with E-state index in [1.165, 1.54) is 0 Å². The van der Waals surface area contributed by atoms with Gasteiger partial charge in [0.2, 0.25) is 5.95 Å². The Morgan fingerprint density at radius 2 is 2.03 bits per heavy atom. The molecule has 0 bridgehead atoms. The predicted octanol–water partition coefficient (Wildman–Crippen LogP) is 2.02. The number of carbonyl (C=O) groups is 1. The standard InChI is InChI=1S/C23H29N7O2/c1-29(2)11-4-12-32-17-8-5-15(6-9-17)13-25-23-26-14-16-7-10-18-20(22(24)31)28-30(3)21(18)19(16)27-23/h5-6,8-9,14H,4,7,10-13H2,1-3H3,(H2,24,31)(H,25,26,27). The van der Waals surface area contributed by atoms with Gasteiger partial charge < -0.3 is 20.7 Å². The van der Waals surface area contributed by atoms with Crippen molar-refractivity contribution in [3.8, 4) is 17.1 Å². The number of hydrogen-bond acceptors (Lipinski definition) is 7. The molecule has 0 saturated heterocycles. The summed E-state index contributed by atoms with van der Waals surface area (Å²) in [4.78, 5) is 23.1. The van der Waals surface area contributed by atoms with Crippen LogP contribution in [0.4, 0.5) is 5.95 Å². The first-order valence-corrected chi connectivity index (χ1v) is 10.7. The van der Waals surface area contributed by atoms with Crippen molar-refractivity contribution < 1.29 is 9.53 Å². The van der Waals surface area contributed by atoms with Crippen LogP contribution in [0.25, 0.3) is 11.4 Å². The maximum atomic E-state index is 11.7. The number of benzene rings is 1. The third-order valence-corrected chi connectivity index (χ3v) is 5.50. The van der Waals surface area contributed by atoms with Crippen LogP contribution < -0.4 is 15.8 Å². The minimum Gasteiger partial charge on any atom is -0.494 e. The summed E-state index contributed by atoms with van der Waals surface area (Å²) in [5.74, 6) is 0.886. The molecular formula is C23H29N7O2. The molecule has 1 aliphatic rings. The van der Waals surface area contributed by atoms with E-state index in [0.29, 0.717) is 31.2 Å². The van der Waals surface area contributed by atoms with Gasteiger partial charge in [-0.3, -0.25) is 9.48 Å². The Labute approximate surface area is 187 Å². The van der Waals surface area contributed by atoms with E-state index in [2.05, 4.69) is 34.4 Å². The summed E-state index contributed by atoms with van der Waals surface area (Å²) in [5.41, 5.74) is 10.5. The number of rotatable bonds is 9. The number of anilines is 1. The minimum atomic E-state index is -0.511. The molecule has 9 nitrogen and oxygen atoms in total. The van der Waals surface area contributed by atoms with Gasteiger partial charge in [0.1, 0.15) is 5.75 Å². The van der Waals surface area contributed by atoms with Crippen LogP contribution in [0, 0.1) is 0 Å². The van der Waals surface area contributed by atoms with E-state index in [1.807, 2.05) is 30.5 Å². The Hall–Kier alpha value is -3.46. The number of nitrogens with zero attached hydrogens (tertiary/aromatic N) is 5. The normalized spacial score (nSPS) is 12.4. The van der Waals surface area contributed by atoms with Gasteiger partial charge in [-0.15, -0.1) is 0 Å². The Kier molecular flexibility index (Phi) is 6.36. The van der Waals surface area contributed by atoms with Gasteiger partial charge in [0.05, 0.1) is 18.0 Å². The maximum absolute atomic E-state index is 11.7. The highest BCUT2D eigenvalue weighted by Crippen LogP contribution is 2.33. The van der Waals surface area contributed by atoms with Crippen molar-refractivity contribution in [1.82, 2.24) is 24.6 Å². The van der Waals surface area contributed by atoms with Gasteiger partial charge in [0.25, 0.3) is 5.91 Å². The summed E-state index contributed by atoms with van der Waals surface area (Å²) < 4.78 is 7.47. The van der Waals surface area contributed by atoms with Crippen LogP contribution in [0.15, 0.2) is 30.5 Å². The topological polar surface area (TPSA) is 111 Å². The van der Waals surface area contributed by atoms with Crippen LogP contribution in [-0.4, -0.2) is 57.8 Å². The fraction of sp³-hybridized carbons (Fsp3) is 0.391. The molecule has 2 aromatic heterocycles. The average Bonchev–Trinajstić information content (AvgIpc) is 3.13. The summed E-state index contributed by atoms with van der Waals surface area (Å²) in [6.07, 6.45) is 4.29. The van der Waals surface area contributed by atoms with Crippen molar-refractivity contribution >= 4 is 11.9 Å². The summed E-state index contributed by atoms with van der Waals surface area (Å²) in [6.45, 7) is 2.30. The lowest BCUT2D eigenvalue weighted by atomic mass is 9.93. The second-order valence-electron chi connectivity index (χ2n) is 8.23. The molecule has 1 amide bonds. The number of aryl methyl sites for hydroxylation is 2. The van der Waals surface area contributed by atoms with Crippen molar-refractivity contribution in [2.75, 3.05) is 32.6 Å². The van der Waals surface area contributed by atoms with Crippen molar-refractivity contribution in [2.45, 2.75) is 25.8 Å². The second-order valence-corrected chi connectivity index (χ2v) is 8.23. The van der Waals surface area contributed by atoms with Crippen LogP contribution >= 0.6 is 0 Å². The zero-order valence-corrected chi connectivity index (χ0v) is 18.8. The molecule has 4 rings (SSSR count). The molecule has 0 spiro atoms. The summed E-state index contributed by atoms with van der Waals surface area (Å²) in [6, 6.07) is 8.03. The second kappa shape index (κ2) is 9.35. The molecule has 0 unspecified atom stereocenters. The number of aromatic nitrogens is 4. The van der Waals surface area contributed by atoms with Crippen molar-refractivity contribution in [1.29, 1.82) is 0 Å². The Morgan fingerprint density at radius 1 is 1.25 bits per heavy atom. The van der Waals surface area contributed by atoms with Crippen LogP contribution in [0.5, 0.6) is 5.75 Å². The molecular weight excluding hydrogens is 406 g/mol. The molecule has 32 heavy (non-hydrogen) atoms. The lowest BCUT2D eigenvalue weighted by molar-refractivity contribution is 0.0994. The lowest BCUT2D eigenvalue weighted by Gasteiger charge is -2.17. The summed E-state index contributed by atoms with van der Waals surface area (Å²) in [5, 5.41) is 7.59. The third kappa shape index (κ3) is 4.72. The molecule has 9 heteroatoms. The number of primary amides is 1. The molecule has 1 aliphatic carbocycles. The molecule has 0 saturated carbocycles. The Balaban J connectivity index is 1.41. The van der Waals surface area contributed by atoms with E-state index in [0.717, 1.165) is 53.2 Å². The number of nitrogens with one attached hydrogen (secondary N) is 1. The van der Waals surface area contributed by atoms with E-state index in [1.54, 1.807) is 11.7 Å². The van der Waals surface area contributed by atoms with Crippen molar-refractivity contribution in [3.05, 3.63) is 52.8 Å². The van der Waals surface area contributed by atoms with E-state index >= 15 is 0 Å². The number of ether oxygens (including phenoxy) is 1. The first-order valence-electron chi connectivity index (χ1n) is 10.7. The smallest absolute Gasteiger partial charge is 0.269 e. The number of carbonyl (C=O) groups excluding carboxylic acids is 1. The average molecular weight is 436 g/mol. The van der Waals surface area contributed by atoms with Crippen LogP contribution in [0.3, 0.4) is 0 Å². The highest BCUT2D eigenvalue weighted by molar-refractivity contribution is 5.94. The zero-order chi connectivity index (χ0) is 22.7.